The molecule has 0 N–H and O–H groups in total. The molecule has 0 bridgehead atoms. The van der Waals surface area contributed by atoms with Crippen LogP contribution in [-0.4, -0.2) is 20.0 Å². The first-order valence-electron chi connectivity index (χ1n) is 8.29. The van der Waals surface area contributed by atoms with Crippen molar-refractivity contribution in [3.05, 3.63) is 0 Å². The van der Waals surface area contributed by atoms with Gasteiger partial charge in [-0.3, -0.25) is 0 Å². The molecule has 0 heterocycles. The molecule has 116 valence electrons. The molecule has 2 heteroatoms. The molecule has 0 aliphatic heterocycles. The van der Waals surface area contributed by atoms with Crippen molar-refractivity contribution in [2.45, 2.75) is 96.7 Å². The van der Waals surface area contributed by atoms with Crippen molar-refractivity contribution in [1.29, 1.82) is 0 Å². The highest BCUT2D eigenvalue weighted by atomic mass is 16.7. The van der Waals surface area contributed by atoms with Crippen LogP contribution in [0.2, 0.25) is 0 Å². The van der Waals surface area contributed by atoms with Gasteiger partial charge in [-0.2, -0.15) is 0 Å². The molecule has 0 unspecified atom stereocenters. The Labute approximate surface area is 121 Å². The second-order valence-corrected chi connectivity index (χ2v) is 5.83. The molecule has 0 rings (SSSR count). The third kappa shape index (κ3) is 11.4. The van der Waals surface area contributed by atoms with Gasteiger partial charge < -0.3 is 9.47 Å². The molecule has 0 amide bonds. The summed E-state index contributed by atoms with van der Waals surface area (Å²) in [6.07, 6.45) is 16.2. The van der Waals surface area contributed by atoms with E-state index in [1.165, 1.54) is 70.6 Å². The number of unbranched alkanes of at least 4 members (excludes halogenated alkanes) is 10. The highest BCUT2D eigenvalue weighted by molar-refractivity contribution is 4.61. The standard InChI is InChI=1S/C17H36O2/c1-5-6-7-8-9-10-11-12-13-14-15-16-17(2,18-3)19-4/h5-16H2,1-4H3. The first kappa shape index (κ1) is 18.9. The number of hydrogen-bond donors (Lipinski definition) is 0. The predicted octanol–water partition coefficient (Wildman–Crippen LogP) is 5.70. The third-order valence-corrected chi connectivity index (χ3v) is 4.10. The van der Waals surface area contributed by atoms with Gasteiger partial charge in [0.15, 0.2) is 5.79 Å². The van der Waals surface area contributed by atoms with Crippen molar-refractivity contribution in [1.82, 2.24) is 0 Å². The number of hydrogen-bond acceptors (Lipinski definition) is 2. The van der Waals surface area contributed by atoms with Crippen LogP contribution in [0.5, 0.6) is 0 Å². The van der Waals surface area contributed by atoms with E-state index >= 15 is 0 Å². The van der Waals surface area contributed by atoms with Gasteiger partial charge in [-0.25, -0.2) is 0 Å². The zero-order valence-corrected chi connectivity index (χ0v) is 13.8. The van der Waals surface area contributed by atoms with Gasteiger partial charge in [0.1, 0.15) is 0 Å². The Morgan fingerprint density at radius 1 is 0.632 bits per heavy atom. The van der Waals surface area contributed by atoms with Crippen LogP contribution in [0, 0.1) is 0 Å². The van der Waals surface area contributed by atoms with E-state index in [4.69, 9.17) is 9.47 Å². The summed E-state index contributed by atoms with van der Waals surface area (Å²) >= 11 is 0. The van der Waals surface area contributed by atoms with Crippen LogP contribution in [-0.2, 0) is 9.47 Å². The lowest BCUT2D eigenvalue weighted by Gasteiger charge is -2.26. The fourth-order valence-electron chi connectivity index (χ4n) is 2.40. The Morgan fingerprint density at radius 2 is 1.00 bits per heavy atom. The lowest BCUT2D eigenvalue weighted by molar-refractivity contribution is -0.197. The largest absolute Gasteiger partial charge is 0.353 e. The SMILES string of the molecule is CCCCCCCCCCCCCC(C)(OC)OC. The number of ether oxygens (including phenoxy) is 2. The van der Waals surface area contributed by atoms with Gasteiger partial charge in [-0.15, -0.1) is 0 Å². The summed E-state index contributed by atoms with van der Waals surface area (Å²) < 4.78 is 10.7. The third-order valence-electron chi connectivity index (χ3n) is 4.10. The molecule has 0 aliphatic rings. The summed E-state index contributed by atoms with van der Waals surface area (Å²) in [5.74, 6) is -0.376. The van der Waals surface area contributed by atoms with E-state index < -0.39 is 0 Å². The molecule has 0 radical (unpaired) electrons. The van der Waals surface area contributed by atoms with Crippen LogP contribution < -0.4 is 0 Å². The molecule has 0 fully saturated rings. The molecule has 0 saturated heterocycles. The first-order valence-corrected chi connectivity index (χ1v) is 8.29. The maximum Gasteiger partial charge on any atom is 0.164 e. The number of methoxy groups -OCH3 is 2. The van der Waals surface area contributed by atoms with Gasteiger partial charge in [0, 0.05) is 20.6 Å². The molecule has 19 heavy (non-hydrogen) atoms. The minimum absolute atomic E-state index is 0.376. The normalized spacial score (nSPS) is 12.0. The second-order valence-electron chi connectivity index (χ2n) is 5.83. The molecule has 0 atom stereocenters. The number of rotatable bonds is 14. The summed E-state index contributed by atoms with van der Waals surface area (Å²) in [6, 6.07) is 0. The zero-order valence-electron chi connectivity index (χ0n) is 13.8. The average molecular weight is 272 g/mol. The van der Waals surface area contributed by atoms with E-state index in [0.717, 1.165) is 6.42 Å². The van der Waals surface area contributed by atoms with Crippen molar-refractivity contribution in [2.75, 3.05) is 14.2 Å². The lowest BCUT2D eigenvalue weighted by atomic mass is 10.0. The lowest BCUT2D eigenvalue weighted by Crippen LogP contribution is -2.29. The van der Waals surface area contributed by atoms with Crippen molar-refractivity contribution >= 4 is 0 Å². The maximum atomic E-state index is 5.36. The van der Waals surface area contributed by atoms with Gasteiger partial charge in [0.2, 0.25) is 0 Å². The van der Waals surface area contributed by atoms with Gasteiger partial charge in [0.05, 0.1) is 0 Å². The van der Waals surface area contributed by atoms with E-state index in [0.29, 0.717) is 0 Å². The van der Waals surface area contributed by atoms with Gasteiger partial charge >= 0.3 is 0 Å². The minimum atomic E-state index is -0.376. The van der Waals surface area contributed by atoms with Crippen molar-refractivity contribution < 1.29 is 9.47 Å². The molecule has 0 aromatic rings. The van der Waals surface area contributed by atoms with Crippen LogP contribution >= 0.6 is 0 Å². The summed E-state index contributed by atoms with van der Waals surface area (Å²) in [5.41, 5.74) is 0. The predicted molar refractivity (Wildman–Crippen MR) is 83.5 cm³/mol. The summed E-state index contributed by atoms with van der Waals surface area (Å²) in [4.78, 5) is 0. The van der Waals surface area contributed by atoms with Gasteiger partial charge in [-0.05, 0) is 13.3 Å². The molecule has 0 spiro atoms. The second kappa shape index (κ2) is 12.9. The molecule has 0 aromatic heterocycles. The maximum absolute atomic E-state index is 5.36. The van der Waals surface area contributed by atoms with E-state index in [1.54, 1.807) is 14.2 Å². The fourth-order valence-corrected chi connectivity index (χ4v) is 2.40. The Balaban J connectivity index is 3.19. The molecule has 0 aromatic carbocycles. The van der Waals surface area contributed by atoms with Crippen LogP contribution in [0.3, 0.4) is 0 Å². The molecule has 2 nitrogen and oxygen atoms in total. The molecular weight excluding hydrogens is 236 g/mol. The quantitative estimate of drug-likeness (QED) is 0.298. The Hall–Kier alpha value is -0.0800. The van der Waals surface area contributed by atoms with Crippen molar-refractivity contribution in [3.8, 4) is 0 Å². The topological polar surface area (TPSA) is 18.5 Å². The molecule has 0 aliphatic carbocycles. The monoisotopic (exact) mass is 272 g/mol. The van der Waals surface area contributed by atoms with Crippen LogP contribution in [0.15, 0.2) is 0 Å². The highest BCUT2D eigenvalue weighted by Gasteiger charge is 2.21. The smallest absolute Gasteiger partial charge is 0.164 e. The van der Waals surface area contributed by atoms with Gasteiger partial charge in [-0.1, -0.05) is 71.1 Å². The van der Waals surface area contributed by atoms with Gasteiger partial charge in [0.25, 0.3) is 0 Å². The Kier molecular flexibility index (Phi) is 12.9. The van der Waals surface area contributed by atoms with E-state index in [9.17, 15) is 0 Å². The van der Waals surface area contributed by atoms with Crippen molar-refractivity contribution in [2.24, 2.45) is 0 Å². The Morgan fingerprint density at radius 3 is 1.37 bits per heavy atom. The summed E-state index contributed by atoms with van der Waals surface area (Å²) in [5, 5.41) is 0. The highest BCUT2D eigenvalue weighted by Crippen LogP contribution is 2.20. The van der Waals surface area contributed by atoms with E-state index in [1.807, 2.05) is 6.92 Å². The Bertz CT molecular complexity index is 176. The molecule has 0 saturated carbocycles. The van der Waals surface area contributed by atoms with E-state index in [2.05, 4.69) is 6.92 Å². The van der Waals surface area contributed by atoms with Crippen LogP contribution in [0.25, 0.3) is 0 Å². The first-order chi connectivity index (χ1) is 9.18. The summed E-state index contributed by atoms with van der Waals surface area (Å²) in [7, 11) is 3.45. The van der Waals surface area contributed by atoms with E-state index in [-0.39, 0.29) is 5.79 Å². The fraction of sp³-hybridized carbons (Fsp3) is 1.00. The minimum Gasteiger partial charge on any atom is -0.353 e. The van der Waals surface area contributed by atoms with Crippen molar-refractivity contribution in [3.63, 3.8) is 0 Å². The average Bonchev–Trinajstić information content (AvgIpc) is 2.44. The zero-order chi connectivity index (χ0) is 14.4. The molecular formula is C17H36O2. The van der Waals surface area contributed by atoms with Crippen LogP contribution in [0.1, 0.15) is 90.9 Å². The summed E-state index contributed by atoms with van der Waals surface area (Å²) in [6.45, 7) is 4.29. The van der Waals surface area contributed by atoms with Crippen LogP contribution in [0.4, 0.5) is 0 Å².